The van der Waals surface area contributed by atoms with Crippen LogP contribution >= 0.6 is 11.6 Å². The maximum absolute atomic E-state index is 11.9. The number of aryl methyl sites for hydroxylation is 1. The van der Waals surface area contributed by atoms with Crippen molar-refractivity contribution in [3.63, 3.8) is 0 Å². The Labute approximate surface area is 107 Å². The third kappa shape index (κ3) is 4.36. The average molecular weight is 256 g/mol. The standard InChI is InChI=1S/C13H18ClNO2/c1-9(5-6-16)8-15-13(17)12-7-11(14)4-3-10(12)2/h3-4,7,9,16H,5-6,8H2,1-2H3,(H,15,17). The van der Waals surface area contributed by atoms with Gasteiger partial charge in [-0.3, -0.25) is 4.79 Å². The maximum Gasteiger partial charge on any atom is 0.251 e. The van der Waals surface area contributed by atoms with Crippen LogP contribution in [0.4, 0.5) is 0 Å². The molecule has 0 aliphatic carbocycles. The van der Waals surface area contributed by atoms with E-state index in [-0.39, 0.29) is 18.4 Å². The molecule has 4 heteroatoms. The number of hydrogen-bond donors (Lipinski definition) is 2. The van der Waals surface area contributed by atoms with Crippen LogP contribution < -0.4 is 5.32 Å². The molecule has 0 saturated heterocycles. The van der Waals surface area contributed by atoms with Gasteiger partial charge in [0.25, 0.3) is 5.91 Å². The molecule has 1 atom stereocenters. The van der Waals surface area contributed by atoms with Gasteiger partial charge >= 0.3 is 0 Å². The second kappa shape index (κ2) is 6.62. The molecule has 1 aromatic rings. The number of halogens is 1. The minimum absolute atomic E-state index is 0.116. The Morgan fingerprint density at radius 3 is 2.88 bits per heavy atom. The van der Waals surface area contributed by atoms with Crippen LogP contribution in [-0.4, -0.2) is 24.2 Å². The molecule has 0 bridgehead atoms. The molecule has 1 aromatic carbocycles. The van der Waals surface area contributed by atoms with Gasteiger partial charge in [0, 0.05) is 23.7 Å². The van der Waals surface area contributed by atoms with E-state index >= 15 is 0 Å². The average Bonchev–Trinajstić information content (AvgIpc) is 2.29. The molecule has 0 fully saturated rings. The molecular formula is C13H18ClNO2. The van der Waals surface area contributed by atoms with Gasteiger partial charge in [0.15, 0.2) is 0 Å². The molecule has 0 radical (unpaired) electrons. The molecule has 0 saturated carbocycles. The number of aliphatic hydroxyl groups is 1. The predicted octanol–water partition coefficient (Wildman–Crippen LogP) is 2.40. The molecular weight excluding hydrogens is 238 g/mol. The first-order valence-corrected chi connectivity index (χ1v) is 6.07. The Kier molecular flexibility index (Phi) is 5.45. The molecule has 0 aliphatic heterocycles. The van der Waals surface area contributed by atoms with Crippen LogP contribution in [0.25, 0.3) is 0 Å². The minimum atomic E-state index is -0.116. The van der Waals surface area contributed by atoms with Gasteiger partial charge in [-0.15, -0.1) is 0 Å². The Bertz CT molecular complexity index is 393. The number of rotatable bonds is 5. The fourth-order valence-electron chi connectivity index (χ4n) is 1.52. The van der Waals surface area contributed by atoms with Crippen molar-refractivity contribution >= 4 is 17.5 Å². The summed E-state index contributed by atoms with van der Waals surface area (Å²) in [4.78, 5) is 11.9. The van der Waals surface area contributed by atoms with Crippen molar-refractivity contribution in [2.24, 2.45) is 5.92 Å². The van der Waals surface area contributed by atoms with E-state index in [1.807, 2.05) is 19.9 Å². The Morgan fingerprint density at radius 2 is 2.24 bits per heavy atom. The lowest BCUT2D eigenvalue weighted by Gasteiger charge is -2.12. The van der Waals surface area contributed by atoms with Crippen molar-refractivity contribution in [1.82, 2.24) is 5.32 Å². The Morgan fingerprint density at radius 1 is 1.53 bits per heavy atom. The molecule has 1 amide bonds. The molecule has 17 heavy (non-hydrogen) atoms. The van der Waals surface area contributed by atoms with Crippen LogP contribution in [0.1, 0.15) is 29.3 Å². The summed E-state index contributed by atoms with van der Waals surface area (Å²) in [5.41, 5.74) is 1.51. The van der Waals surface area contributed by atoms with E-state index in [9.17, 15) is 4.79 Å². The van der Waals surface area contributed by atoms with E-state index < -0.39 is 0 Å². The van der Waals surface area contributed by atoms with Crippen molar-refractivity contribution < 1.29 is 9.90 Å². The third-order valence-electron chi connectivity index (χ3n) is 2.68. The molecule has 3 nitrogen and oxygen atoms in total. The van der Waals surface area contributed by atoms with E-state index in [0.29, 0.717) is 23.6 Å². The molecule has 94 valence electrons. The second-order valence-electron chi connectivity index (χ2n) is 4.29. The number of hydrogen-bond acceptors (Lipinski definition) is 2. The first-order valence-electron chi connectivity index (χ1n) is 5.69. The minimum Gasteiger partial charge on any atom is -0.396 e. The summed E-state index contributed by atoms with van der Waals surface area (Å²) in [5.74, 6) is 0.151. The number of nitrogens with one attached hydrogen (secondary N) is 1. The summed E-state index contributed by atoms with van der Waals surface area (Å²) in [6, 6.07) is 5.26. The Balaban J connectivity index is 2.61. The van der Waals surface area contributed by atoms with Gasteiger partial charge < -0.3 is 10.4 Å². The van der Waals surface area contributed by atoms with Gasteiger partial charge in [-0.2, -0.15) is 0 Å². The van der Waals surface area contributed by atoms with E-state index in [4.69, 9.17) is 16.7 Å². The van der Waals surface area contributed by atoms with Crippen LogP contribution in [0.5, 0.6) is 0 Å². The number of carbonyl (C=O) groups excluding carboxylic acids is 1. The van der Waals surface area contributed by atoms with Crippen LogP contribution in [0.15, 0.2) is 18.2 Å². The maximum atomic E-state index is 11.9. The summed E-state index contributed by atoms with van der Waals surface area (Å²) in [7, 11) is 0. The van der Waals surface area contributed by atoms with E-state index in [1.54, 1.807) is 12.1 Å². The Hall–Kier alpha value is -1.06. The first kappa shape index (κ1) is 14.0. The van der Waals surface area contributed by atoms with Crippen LogP contribution in [0.3, 0.4) is 0 Å². The summed E-state index contributed by atoms with van der Waals surface area (Å²) in [6.07, 6.45) is 0.689. The highest BCUT2D eigenvalue weighted by atomic mass is 35.5. The molecule has 0 aromatic heterocycles. The molecule has 1 unspecified atom stereocenters. The van der Waals surface area contributed by atoms with Crippen molar-refractivity contribution in [1.29, 1.82) is 0 Å². The van der Waals surface area contributed by atoms with Gasteiger partial charge in [0.2, 0.25) is 0 Å². The SMILES string of the molecule is Cc1ccc(Cl)cc1C(=O)NCC(C)CCO. The van der Waals surface area contributed by atoms with Gasteiger partial charge in [-0.1, -0.05) is 24.6 Å². The van der Waals surface area contributed by atoms with Crippen molar-refractivity contribution in [3.05, 3.63) is 34.3 Å². The molecule has 0 aliphatic rings. The first-order chi connectivity index (χ1) is 8.04. The number of amides is 1. The van der Waals surface area contributed by atoms with Crippen molar-refractivity contribution in [2.75, 3.05) is 13.2 Å². The van der Waals surface area contributed by atoms with Gasteiger partial charge in [0.1, 0.15) is 0 Å². The molecule has 2 N–H and O–H groups in total. The molecule has 1 rings (SSSR count). The highest BCUT2D eigenvalue weighted by molar-refractivity contribution is 6.31. The summed E-state index contributed by atoms with van der Waals surface area (Å²) >= 11 is 5.86. The zero-order chi connectivity index (χ0) is 12.8. The second-order valence-corrected chi connectivity index (χ2v) is 4.72. The van der Waals surface area contributed by atoms with Crippen molar-refractivity contribution in [3.8, 4) is 0 Å². The van der Waals surface area contributed by atoms with Crippen LogP contribution in [-0.2, 0) is 0 Å². The van der Waals surface area contributed by atoms with E-state index in [1.165, 1.54) is 0 Å². The molecule has 0 heterocycles. The van der Waals surface area contributed by atoms with E-state index in [0.717, 1.165) is 5.56 Å². The lowest BCUT2D eigenvalue weighted by molar-refractivity contribution is 0.0945. The fourth-order valence-corrected chi connectivity index (χ4v) is 1.70. The van der Waals surface area contributed by atoms with Crippen LogP contribution in [0.2, 0.25) is 5.02 Å². The fraction of sp³-hybridized carbons (Fsp3) is 0.462. The predicted molar refractivity (Wildman–Crippen MR) is 69.4 cm³/mol. The molecule has 0 spiro atoms. The quantitative estimate of drug-likeness (QED) is 0.849. The number of benzene rings is 1. The van der Waals surface area contributed by atoms with Crippen molar-refractivity contribution in [2.45, 2.75) is 20.3 Å². The number of carbonyl (C=O) groups is 1. The van der Waals surface area contributed by atoms with Gasteiger partial charge in [-0.25, -0.2) is 0 Å². The van der Waals surface area contributed by atoms with Crippen LogP contribution in [0, 0.1) is 12.8 Å². The van der Waals surface area contributed by atoms with Gasteiger partial charge in [-0.05, 0) is 37.0 Å². The summed E-state index contributed by atoms with van der Waals surface area (Å²) < 4.78 is 0. The smallest absolute Gasteiger partial charge is 0.251 e. The van der Waals surface area contributed by atoms with Gasteiger partial charge in [0.05, 0.1) is 0 Å². The normalized spacial score (nSPS) is 12.2. The third-order valence-corrected chi connectivity index (χ3v) is 2.91. The highest BCUT2D eigenvalue weighted by Gasteiger charge is 2.10. The zero-order valence-electron chi connectivity index (χ0n) is 10.2. The lowest BCUT2D eigenvalue weighted by atomic mass is 10.1. The largest absolute Gasteiger partial charge is 0.396 e. The zero-order valence-corrected chi connectivity index (χ0v) is 10.9. The van der Waals surface area contributed by atoms with E-state index in [2.05, 4.69) is 5.32 Å². The number of aliphatic hydroxyl groups excluding tert-OH is 1. The summed E-state index contributed by atoms with van der Waals surface area (Å²) in [6.45, 7) is 4.57. The monoisotopic (exact) mass is 255 g/mol. The summed E-state index contributed by atoms with van der Waals surface area (Å²) in [5, 5.41) is 12.2. The highest BCUT2D eigenvalue weighted by Crippen LogP contribution is 2.15. The topological polar surface area (TPSA) is 49.3 Å². The lowest BCUT2D eigenvalue weighted by Crippen LogP contribution is -2.29.